The summed E-state index contributed by atoms with van der Waals surface area (Å²) in [5.41, 5.74) is -0.974. The molecule has 15 heavy (non-hydrogen) atoms. The van der Waals surface area contributed by atoms with Crippen LogP contribution in [0.5, 0.6) is 0 Å². The number of nitriles is 1. The Morgan fingerprint density at radius 3 is 2.73 bits per heavy atom. The highest BCUT2D eigenvalue weighted by molar-refractivity contribution is 5.98. The van der Waals surface area contributed by atoms with Gasteiger partial charge < -0.3 is 4.74 Å². The van der Waals surface area contributed by atoms with Crippen molar-refractivity contribution in [1.82, 2.24) is 0 Å². The van der Waals surface area contributed by atoms with Gasteiger partial charge in [-0.15, -0.1) is 0 Å². The van der Waals surface area contributed by atoms with Crippen molar-refractivity contribution in [3.05, 3.63) is 23.8 Å². The Balaban J connectivity index is 3.15. The van der Waals surface area contributed by atoms with Crippen LogP contribution in [0.3, 0.4) is 0 Å². The van der Waals surface area contributed by atoms with Crippen LogP contribution in [0.1, 0.15) is 13.3 Å². The number of methoxy groups -OCH3 is 1. The van der Waals surface area contributed by atoms with E-state index >= 15 is 0 Å². The van der Waals surface area contributed by atoms with Gasteiger partial charge in [0.05, 0.1) is 13.2 Å². The van der Waals surface area contributed by atoms with E-state index in [4.69, 9.17) is 5.26 Å². The van der Waals surface area contributed by atoms with Gasteiger partial charge in [0, 0.05) is 5.57 Å². The Bertz CT molecular complexity index is 401. The zero-order chi connectivity index (χ0) is 11.5. The molecule has 0 bridgehead atoms. The maximum absolute atomic E-state index is 11.5. The van der Waals surface area contributed by atoms with Gasteiger partial charge in [-0.1, -0.05) is 12.2 Å². The van der Waals surface area contributed by atoms with Gasteiger partial charge in [-0.3, -0.25) is 4.79 Å². The Hall–Kier alpha value is -1.89. The molecule has 0 spiro atoms. The van der Waals surface area contributed by atoms with Gasteiger partial charge in [-0.05, 0) is 19.4 Å². The van der Waals surface area contributed by atoms with Crippen molar-refractivity contribution in [1.29, 1.82) is 5.26 Å². The van der Waals surface area contributed by atoms with Crippen LogP contribution in [0.2, 0.25) is 0 Å². The predicted molar refractivity (Wildman–Crippen MR) is 52.6 cm³/mol. The quantitative estimate of drug-likeness (QED) is 0.634. The molecule has 1 atom stereocenters. The van der Waals surface area contributed by atoms with Gasteiger partial charge >= 0.3 is 5.97 Å². The number of esters is 1. The number of hydrogen-bond donors (Lipinski definition) is 0. The minimum atomic E-state index is -1.34. The van der Waals surface area contributed by atoms with Gasteiger partial charge in [-0.2, -0.15) is 5.26 Å². The molecule has 0 aromatic heterocycles. The van der Waals surface area contributed by atoms with E-state index in [0.717, 1.165) is 0 Å². The molecule has 78 valence electrons. The lowest BCUT2D eigenvalue weighted by Crippen LogP contribution is -2.30. The Kier molecular flexibility index (Phi) is 3.05. The van der Waals surface area contributed by atoms with Crippen LogP contribution in [0.4, 0.5) is 0 Å². The van der Waals surface area contributed by atoms with Crippen LogP contribution in [0, 0.1) is 16.7 Å². The fourth-order valence-electron chi connectivity index (χ4n) is 1.41. The highest BCUT2D eigenvalue weighted by atomic mass is 16.5. The summed E-state index contributed by atoms with van der Waals surface area (Å²) < 4.78 is 4.56. The number of hydrogen-bond acceptors (Lipinski definition) is 4. The number of ketones is 1. The van der Waals surface area contributed by atoms with Crippen molar-refractivity contribution < 1.29 is 14.3 Å². The second-order valence-corrected chi connectivity index (χ2v) is 3.34. The minimum absolute atomic E-state index is 0.172. The van der Waals surface area contributed by atoms with Crippen LogP contribution in [0.25, 0.3) is 0 Å². The third kappa shape index (κ3) is 1.96. The summed E-state index contributed by atoms with van der Waals surface area (Å²) in [5.74, 6) is -0.803. The first-order chi connectivity index (χ1) is 7.05. The van der Waals surface area contributed by atoms with Crippen molar-refractivity contribution in [2.24, 2.45) is 5.41 Å². The number of nitrogens with zero attached hydrogens (tertiary/aromatic N) is 1. The van der Waals surface area contributed by atoms with Crippen LogP contribution in [-0.4, -0.2) is 18.9 Å². The van der Waals surface area contributed by atoms with E-state index in [9.17, 15) is 9.59 Å². The number of allylic oxidation sites excluding steroid dienone is 3. The molecular formula is C11H11NO3. The number of carbonyl (C=O) groups excluding carboxylic acids is 2. The molecule has 1 aliphatic carbocycles. The van der Waals surface area contributed by atoms with Gasteiger partial charge in [0.1, 0.15) is 0 Å². The molecule has 0 N–H and O–H groups in total. The molecule has 0 aliphatic heterocycles. The maximum Gasteiger partial charge on any atom is 0.330 e. The molecule has 0 aromatic rings. The van der Waals surface area contributed by atoms with Crippen LogP contribution in [-0.2, 0) is 14.3 Å². The van der Waals surface area contributed by atoms with E-state index in [1.54, 1.807) is 12.2 Å². The molecule has 0 saturated carbocycles. The zero-order valence-corrected chi connectivity index (χ0v) is 8.61. The highest BCUT2D eigenvalue weighted by Crippen LogP contribution is 2.31. The van der Waals surface area contributed by atoms with E-state index in [1.807, 2.05) is 6.07 Å². The number of ether oxygens (including phenoxy) is 1. The van der Waals surface area contributed by atoms with Crippen LogP contribution < -0.4 is 0 Å². The molecule has 1 rings (SSSR count). The third-order valence-corrected chi connectivity index (χ3v) is 2.29. The van der Waals surface area contributed by atoms with Crippen molar-refractivity contribution in [2.75, 3.05) is 7.11 Å². The maximum atomic E-state index is 11.5. The topological polar surface area (TPSA) is 67.2 Å². The van der Waals surface area contributed by atoms with Gasteiger partial charge in [0.2, 0.25) is 0 Å². The molecule has 0 aromatic carbocycles. The largest absolute Gasteiger partial charge is 0.468 e. The molecule has 0 amide bonds. The zero-order valence-electron chi connectivity index (χ0n) is 8.61. The first-order valence-electron chi connectivity index (χ1n) is 4.46. The first kappa shape index (κ1) is 11.2. The fourth-order valence-corrected chi connectivity index (χ4v) is 1.41. The van der Waals surface area contributed by atoms with Crippen molar-refractivity contribution in [2.45, 2.75) is 13.3 Å². The van der Waals surface area contributed by atoms with E-state index in [1.165, 1.54) is 20.1 Å². The highest BCUT2D eigenvalue weighted by Gasteiger charge is 2.39. The summed E-state index contributed by atoms with van der Waals surface area (Å²) in [7, 11) is 1.22. The Labute approximate surface area is 87.8 Å². The molecule has 0 fully saturated rings. The van der Waals surface area contributed by atoms with Gasteiger partial charge in [0.25, 0.3) is 0 Å². The molecule has 4 nitrogen and oxygen atoms in total. The lowest BCUT2D eigenvalue weighted by molar-refractivity contribution is -0.146. The average Bonchev–Trinajstić information content (AvgIpc) is 2.27. The molecule has 0 radical (unpaired) electrons. The number of rotatable bonds is 2. The summed E-state index contributed by atoms with van der Waals surface area (Å²) in [5, 5.41) is 9.00. The van der Waals surface area contributed by atoms with Crippen molar-refractivity contribution in [3.63, 3.8) is 0 Å². The summed E-state index contributed by atoms with van der Waals surface area (Å²) in [6.07, 6.45) is 4.87. The molecular weight excluding hydrogens is 194 g/mol. The molecule has 0 heterocycles. The second-order valence-electron chi connectivity index (χ2n) is 3.34. The first-order valence-corrected chi connectivity index (χ1v) is 4.46. The van der Waals surface area contributed by atoms with Crippen molar-refractivity contribution in [3.8, 4) is 6.07 Å². The molecule has 1 aliphatic rings. The summed E-state index contributed by atoms with van der Waals surface area (Å²) in [6.45, 7) is 1.39. The van der Waals surface area contributed by atoms with Gasteiger partial charge in [-0.25, -0.2) is 4.79 Å². The normalized spacial score (nSPS) is 23.9. The third-order valence-electron chi connectivity index (χ3n) is 2.29. The molecule has 1 unspecified atom stereocenters. The van der Waals surface area contributed by atoms with E-state index in [2.05, 4.69) is 4.74 Å². The monoisotopic (exact) mass is 205 g/mol. The molecule has 0 saturated heterocycles. The average molecular weight is 205 g/mol. The summed E-state index contributed by atoms with van der Waals surface area (Å²) in [6, 6.07) is 1.90. The number of Topliss-reactive ketones (excluding diaryl/α,β-unsaturated/α-hetero) is 1. The lowest BCUT2D eigenvalue weighted by Gasteiger charge is -2.21. The summed E-state index contributed by atoms with van der Waals surface area (Å²) in [4.78, 5) is 22.6. The molecule has 4 heteroatoms. The Morgan fingerprint density at radius 2 is 2.27 bits per heavy atom. The standard InChI is InChI=1S/C11H11NO3/c1-8(13)9-4-3-5-11(6-9,7-12)10(14)15-2/h3-4,6H,5H2,1-2H3. The predicted octanol–water partition coefficient (Wildman–Crippen LogP) is 1.14. The smallest absolute Gasteiger partial charge is 0.330 e. The van der Waals surface area contributed by atoms with E-state index < -0.39 is 11.4 Å². The lowest BCUT2D eigenvalue weighted by atomic mass is 9.80. The van der Waals surface area contributed by atoms with Crippen molar-refractivity contribution >= 4 is 11.8 Å². The SMILES string of the molecule is COC(=O)C1(C#N)C=C(C(C)=O)C=CC1. The van der Waals surface area contributed by atoms with Crippen LogP contribution >= 0.6 is 0 Å². The van der Waals surface area contributed by atoms with E-state index in [0.29, 0.717) is 5.57 Å². The van der Waals surface area contributed by atoms with Gasteiger partial charge in [0.15, 0.2) is 11.2 Å². The minimum Gasteiger partial charge on any atom is -0.468 e. The van der Waals surface area contributed by atoms with Crippen LogP contribution in [0.15, 0.2) is 23.8 Å². The second kappa shape index (κ2) is 4.09. The Morgan fingerprint density at radius 1 is 1.60 bits per heavy atom. The summed E-state index contributed by atoms with van der Waals surface area (Å²) >= 11 is 0. The van der Waals surface area contributed by atoms with E-state index in [-0.39, 0.29) is 12.2 Å². The number of carbonyl (C=O) groups is 2. The fraction of sp³-hybridized carbons (Fsp3) is 0.364.